The lowest BCUT2D eigenvalue weighted by atomic mass is 9.85. The van der Waals surface area contributed by atoms with Gasteiger partial charge in [-0.3, -0.25) is 24.4 Å². The molecule has 3 aromatic heterocycles. The number of imide groups is 1. The van der Waals surface area contributed by atoms with Gasteiger partial charge in [-0.05, 0) is 114 Å². The maximum absolute atomic E-state index is 14.9. The molecule has 3 saturated heterocycles. The van der Waals surface area contributed by atoms with Crippen LogP contribution in [0.4, 0.5) is 39.5 Å². The standard InChI is InChI=1S/C45H57F4N11O5/c1-44(2,3)65-43(64)52-32-20-30(46)24-58(25-32)37-15-18-59-40(54-37)35(22-51-59)42(63)53-36-26-60(56-39(36)45(47,48)49)33-9-7-28(8-10-33)23-57-16-13-27(14-17-57)21-50-31-6-4-5-29(19-31)34-11-12-38(61)55-41(34)62/h4-6,15,18-19,22,26-28,30,32-34,50H,7-14,16-17,20-21,23-25H2,1-3H3,(H,52,64)(H,53,63)(H,55,61,62)/t28?,30-,32-,33?,34?/m1/s1. The largest absolute Gasteiger partial charge is 0.444 e. The number of ether oxygens (including phenoxy) is 1. The number of alkyl halides is 4. The number of piperidine rings is 3. The van der Waals surface area contributed by atoms with Gasteiger partial charge in [0, 0.05) is 50.6 Å². The molecule has 4 N–H and O–H groups in total. The van der Waals surface area contributed by atoms with Gasteiger partial charge in [0.25, 0.3) is 5.91 Å². The first-order valence-corrected chi connectivity index (χ1v) is 22.5. The number of amides is 4. The predicted octanol–water partition coefficient (Wildman–Crippen LogP) is 6.71. The topological polar surface area (TPSA) is 180 Å². The fraction of sp³-hybridized carbons (Fsp3) is 0.578. The van der Waals surface area contributed by atoms with E-state index in [1.54, 1.807) is 31.7 Å². The van der Waals surface area contributed by atoms with E-state index in [2.05, 4.69) is 41.3 Å². The summed E-state index contributed by atoms with van der Waals surface area (Å²) in [6.45, 7) is 9.05. The van der Waals surface area contributed by atoms with E-state index in [1.165, 1.54) is 27.8 Å². The van der Waals surface area contributed by atoms with Crippen LogP contribution in [0, 0.1) is 11.8 Å². The van der Waals surface area contributed by atoms with Crippen LogP contribution in [0.1, 0.15) is 112 Å². The Balaban J connectivity index is 0.831. The quantitative estimate of drug-likeness (QED) is 0.0928. The molecule has 65 heavy (non-hydrogen) atoms. The lowest BCUT2D eigenvalue weighted by Gasteiger charge is -2.36. The molecule has 3 atom stereocenters. The molecular formula is C45H57F4N11O5. The van der Waals surface area contributed by atoms with E-state index in [0.29, 0.717) is 43.3 Å². The van der Waals surface area contributed by atoms with Crippen molar-refractivity contribution in [3.05, 3.63) is 65.7 Å². The van der Waals surface area contributed by atoms with Crippen LogP contribution in [0.5, 0.6) is 0 Å². The first kappa shape index (κ1) is 45.8. The van der Waals surface area contributed by atoms with E-state index >= 15 is 0 Å². The minimum Gasteiger partial charge on any atom is -0.444 e. The van der Waals surface area contributed by atoms with Crippen molar-refractivity contribution in [1.29, 1.82) is 0 Å². The molecular weight excluding hydrogens is 851 g/mol. The summed E-state index contributed by atoms with van der Waals surface area (Å²) in [5.74, 6) is -0.450. The van der Waals surface area contributed by atoms with Crippen molar-refractivity contribution >= 4 is 46.7 Å². The monoisotopic (exact) mass is 907 g/mol. The molecule has 4 aliphatic rings. The normalized spacial score (nSPS) is 23.9. The highest BCUT2D eigenvalue weighted by Crippen LogP contribution is 2.39. The molecule has 350 valence electrons. The Bertz CT molecular complexity index is 2360. The van der Waals surface area contributed by atoms with Crippen molar-refractivity contribution in [2.24, 2.45) is 11.8 Å². The SMILES string of the molecule is CC(C)(C)OC(=O)N[C@@H]1C[C@@H](F)CN(c2ccn3ncc(C(=O)Nc4cn(C5CCC(CN6CCC(CNc7cccc(C8CCC(=O)NC8=O)c7)CC6)CC5)nc4C(F)(F)F)c3n2)C1. The molecule has 0 bridgehead atoms. The van der Waals surface area contributed by atoms with Gasteiger partial charge in [0.15, 0.2) is 11.3 Å². The van der Waals surface area contributed by atoms with Crippen molar-refractivity contribution in [3.63, 3.8) is 0 Å². The van der Waals surface area contributed by atoms with Crippen LogP contribution in [0.15, 0.2) is 48.9 Å². The van der Waals surface area contributed by atoms with E-state index in [-0.39, 0.29) is 54.5 Å². The van der Waals surface area contributed by atoms with Crippen LogP contribution in [0.2, 0.25) is 0 Å². The lowest BCUT2D eigenvalue weighted by molar-refractivity contribution is -0.141. The molecule has 16 nitrogen and oxygen atoms in total. The van der Waals surface area contributed by atoms with Gasteiger partial charge in [-0.25, -0.2) is 18.7 Å². The molecule has 1 aromatic carbocycles. The van der Waals surface area contributed by atoms with Gasteiger partial charge in [0.05, 0.1) is 36.4 Å². The molecule has 3 aliphatic heterocycles. The molecule has 4 fully saturated rings. The summed E-state index contributed by atoms with van der Waals surface area (Å²) in [7, 11) is 0. The summed E-state index contributed by atoms with van der Waals surface area (Å²) in [6.07, 6.45) is 3.18. The van der Waals surface area contributed by atoms with Crippen LogP contribution in [-0.2, 0) is 20.5 Å². The Labute approximate surface area is 374 Å². The van der Waals surface area contributed by atoms with Crippen molar-refractivity contribution in [2.45, 2.75) is 115 Å². The van der Waals surface area contributed by atoms with Gasteiger partial charge in [-0.2, -0.15) is 23.4 Å². The van der Waals surface area contributed by atoms with Gasteiger partial charge in [0.2, 0.25) is 11.8 Å². The number of hydrogen-bond acceptors (Lipinski definition) is 11. The number of hydrogen-bond donors (Lipinski definition) is 4. The molecule has 4 amide bonds. The molecule has 1 unspecified atom stereocenters. The number of aromatic nitrogens is 5. The van der Waals surface area contributed by atoms with Crippen LogP contribution in [0.25, 0.3) is 5.65 Å². The first-order chi connectivity index (χ1) is 30.9. The second-order valence-electron chi connectivity index (χ2n) is 18.9. The Morgan fingerprint density at radius 1 is 0.969 bits per heavy atom. The summed E-state index contributed by atoms with van der Waals surface area (Å²) in [4.78, 5) is 58.7. The Kier molecular flexibility index (Phi) is 13.4. The zero-order valence-corrected chi connectivity index (χ0v) is 36.9. The van der Waals surface area contributed by atoms with E-state index in [9.17, 15) is 36.7 Å². The number of likely N-dealkylation sites (tertiary alicyclic amines) is 1. The maximum atomic E-state index is 14.9. The summed E-state index contributed by atoms with van der Waals surface area (Å²) in [5, 5.41) is 19.2. The zero-order chi connectivity index (χ0) is 46.0. The summed E-state index contributed by atoms with van der Waals surface area (Å²) >= 11 is 0. The maximum Gasteiger partial charge on any atom is 0.437 e. The van der Waals surface area contributed by atoms with Crippen molar-refractivity contribution in [2.75, 3.05) is 54.8 Å². The number of fused-ring (bicyclic) bond motifs is 1. The van der Waals surface area contributed by atoms with Crippen molar-refractivity contribution < 1.29 is 41.5 Å². The fourth-order valence-corrected chi connectivity index (χ4v) is 9.54. The smallest absolute Gasteiger partial charge is 0.437 e. The number of nitrogens with one attached hydrogen (secondary N) is 4. The Morgan fingerprint density at radius 3 is 2.46 bits per heavy atom. The summed E-state index contributed by atoms with van der Waals surface area (Å²) in [6, 6.07) is 8.59. The minimum absolute atomic E-state index is 0.0205. The minimum atomic E-state index is -4.83. The van der Waals surface area contributed by atoms with Crippen LogP contribution < -0.4 is 26.2 Å². The van der Waals surface area contributed by atoms with Gasteiger partial charge < -0.3 is 30.5 Å². The lowest BCUT2D eigenvalue weighted by Crippen LogP contribution is -2.52. The predicted molar refractivity (Wildman–Crippen MR) is 233 cm³/mol. The highest BCUT2D eigenvalue weighted by atomic mass is 19.4. The molecule has 8 rings (SSSR count). The average Bonchev–Trinajstić information content (AvgIpc) is 3.88. The molecule has 6 heterocycles. The van der Waals surface area contributed by atoms with Gasteiger partial charge in [0.1, 0.15) is 23.2 Å². The Hall–Kier alpha value is -5.79. The van der Waals surface area contributed by atoms with Crippen LogP contribution in [-0.4, -0.2) is 110 Å². The number of carbonyl (C=O) groups excluding carboxylic acids is 4. The third-order valence-corrected chi connectivity index (χ3v) is 12.8. The van der Waals surface area contributed by atoms with Crippen LogP contribution in [0.3, 0.4) is 0 Å². The second kappa shape index (κ2) is 19.0. The number of rotatable bonds is 11. The van der Waals surface area contributed by atoms with Gasteiger partial charge in [-0.1, -0.05) is 12.1 Å². The molecule has 1 aliphatic carbocycles. The summed E-state index contributed by atoms with van der Waals surface area (Å²) in [5.41, 5.74) is -0.554. The highest BCUT2D eigenvalue weighted by molar-refractivity contribution is 6.08. The highest BCUT2D eigenvalue weighted by Gasteiger charge is 2.40. The van der Waals surface area contributed by atoms with Gasteiger partial charge in [-0.15, -0.1) is 0 Å². The summed E-state index contributed by atoms with van der Waals surface area (Å²) < 4.78 is 66.1. The van der Waals surface area contributed by atoms with Gasteiger partial charge >= 0.3 is 12.3 Å². The third-order valence-electron chi connectivity index (χ3n) is 12.8. The van der Waals surface area contributed by atoms with E-state index in [4.69, 9.17) is 4.74 Å². The number of halogens is 4. The number of carbonyl (C=O) groups is 4. The first-order valence-electron chi connectivity index (χ1n) is 22.5. The number of benzene rings is 1. The number of anilines is 3. The van der Waals surface area contributed by atoms with E-state index in [0.717, 1.165) is 63.1 Å². The molecule has 4 aromatic rings. The van der Waals surface area contributed by atoms with E-state index in [1.807, 2.05) is 24.3 Å². The number of nitrogens with zero attached hydrogens (tertiary/aromatic N) is 7. The van der Waals surface area contributed by atoms with Crippen molar-refractivity contribution in [1.82, 2.24) is 39.9 Å². The second-order valence-corrected chi connectivity index (χ2v) is 18.9. The number of alkyl carbamates (subject to hydrolysis) is 1. The molecule has 0 spiro atoms. The zero-order valence-electron chi connectivity index (χ0n) is 36.9. The average molecular weight is 908 g/mol. The van der Waals surface area contributed by atoms with E-state index < -0.39 is 47.4 Å². The fourth-order valence-electron chi connectivity index (χ4n) is 9.54. The van der Waals surface area contributed by atoms with Crippen LogP contribution >= 0.6 is 0 Å². The third kappa shape index (κ3) is 11.4. The molecule has 1 saturated carbocycles. The molecule has 0 radical (unpaired) electrons. The Morgan fingerprint density at radius 2 is 1.74 bits per heavy atom. The molecule has 20 heteroatoms. The van der Waals surface area contributed by atoms with Crippen molar-refractivity contribution in [3.8, 4) is 0 Å².